The van der Waals surface area contributed by atoms with Crippen molar-refractivity contribution in [3.8, 4) is 5.69 Å². The van der Waals surface area contributed by atoms with Crippen molar-refractivity contribution in [3.05, 3.63) is 46.7 Å². The zero-order valence-corrected chi connectivity index (χ0v) is 14.3. The lowest BCUT2D eigenvalue weighted by Gasteiger charge is -2.10. The minimum atomic E-state index is -1.59. The van der Waals surface area contributed by atoms with Crippen LogP contribution in [0.15, 0.2) is 30.3 Å². The van der Waals surface area contributed by atoms with Crippen LogP contribution in [0.25, 0.3) is 15.9 Å². The van der Waals surface area contributed by atoms with Gasteiger partial charge in [-0.05, 0) is 37.3 Å². The number of hydrogen-bond donors (Lipinski definition) is 3. The Hall–Kier alpha value is -3.27. The molecule has 0 saturated carbocycles. The normalized spacial score (nSPS) is 11.0. The number of aryl methyl sites for hydroxylation is 1. The SMILES string of the molecule is Cc1nn(-c2ccc(F)cc2)c2sc(C(=O)NC(C(N)=O)C(N)=O)cc12. The van der Waals surface area contributed by atoms with Gasteiger partial charge in [-0.1, -0.05) is 0 Å². The fraction of sp³-hybridized carbons (Fsp3) is 0.125. The monoisotopic (exact) mass is 375 g/mol. The molecule has 3 amide bonds. The van der Waals surface area contributed by atoms with Crippen molar-refractivity contribution < 1.29 is 18.8 Å². The summed E-state index contributed by atoms with van der Waals surface area (Å²) >= 11 is 1.11. The lowest BCUT2D eigenvalue weighted by atomic mass is 10.2. The van der Waals surface area contributed by atoms with Crippen LogP contribution in [0.5, 0.6) is 0 Å². The van der Waals surface area contributed by atoms with Crippen LogP contribution in [-0.2, 0) is 9.59 Å². The van der Waals surface area contributed by atoms with E-state index in [9.17, 15) is 18.8 Å². The number of thiophene rings is 1. The first-order valence-electron chi connectivity index (χ1n) is 7.42. The van der Waals surface area contributed by atoms with Gasteiger partial charge in [0, 0.05) is 5.39 Å². The minimum absolute atomic E-state index is 0.254. The van der Waals surface area contributed by atoms with Gasteiger partial charge in [0.25, 0.3) is 5.91 Å². The first kappa shape index (κ1) is 17.5. The summed E-state index contributed by atoms with van der Waals surface area (Å²) in [6, 6.07) is 5.75. The predicted octanol–water partition coefficient (Wildman–Crippen LogP) is 0.604. The minimum Gasteiger partial charge on any atom is -0.367 e. The summed E-state index contributed by atoms with van der Waals surface area (Å²) in [7, 11) is 0. The van der Waals surface area contributed by atoms with Crippen molar-refractivity contribution >= 4 is 39.3 Å². The summed E-state index contributed by atoms with van der Waals surface area (Å²) in [5, 5.41) is 7.33. The third kappa shape index (κ3) is 3.14. The van der Waals surface area contributed by atoms with E-state index in [1.807, 2.05) is 0 Å². The molecule has 3 rings (SSSR count). The van der Waals surface area contributed by atoms with Crippen LogP contribution in [0, 0.1) is 12.7 Å². The van der Waals surface area contributed by atoms with Gasteiger partial charge in [0.1, 0.15) is 10.6 Å². The van der Waals surface area contributed by atoms with E-state index in [1.54, 1.807) is 29.8 Å². The van der Waals surface area contributed by atoms with Crippen molar-refractivity contribution in [2.75, 3.05) is 0 Å². The molecule has 5 N–H and O–H groups in total. The number of rotatable bonds is 5. The van der Waals surface area contributed by atoms with E-state index < -0.39 is 23.8 Å². The predicted molar refractivity (Wildman–Crippen MR) is 93.3 cm³/mol. The molecule has 0 saturated heterocycles. The summed E-state index contributed by atoms with van der Waals surface area (Å²) < 4.78 is 14.7. The zero-order chi connectivity index (χ0) is 19.0. The second-order valence-corrected chi connectivity index (χ2v) is 6.54. The maximum absolute atomic E-state index is 13.1. The number of nitrogens with one attached hydrogen (secondary N) is 1. The zero-order valence-electron chi connectivity index (χ0n) is 13.5. The van der Waals surface area contributed by atoms with Gasteiger partial charge in [0.2, 0.25) is 11.8 Å². The number of benzene rings is 1. The van der Waals surface area contributed by atoms with Crippen molar-refractivity contribution in [1.82, 2.24) is 15.1 Å². The first-order valence-corrected chi connectivity index (χ1v) is 8.24. The van der Waals surface area contributed by atoms with Gasteiger partial charge in [-0.3, -0.25) is 14.4 Å². The first-order chi connectivity index (χ1) is 12.3. The molecule has 0 aliphatic carbocycles. The third-order valence-corrected chi connectivity index (χ3v) is 4.79. The van der Waals surface area contributed by atoms with Gasteiger partial charge in [-0.15, -0.1) is 11.3 Å². The highest BCUT2D eigenvalue weighted by atomic mass is 32.1. The lowest BCUT2D eigenvalue weighted by Crippen LogP contribution is -2.52. The molecule has 10 heteroatoms. The summed E-state index contributed by atoms with van der Waals surface area (Å²) in [6.07, 6.45) is 0. The van der Waals surface area contributed by atoms with E-state index in [1.165, 1.54) is 12.1 Å². The molecule has 0 atom stereocenters. The van der Waals surface area contributed by atoms with Gasteiger partial charge < -0.3 is 16.8 Å². The molecule has 0 radical (unpaired) electrons. The van der Waals surface area contributed by atoms with Gasteiger partial charge in [0.15, 0.2) is 6.04 Å². The van der Waals surface area contributed by atoms with Gasteiger partial charge in [0.05, 0.1) is 16.3 Å². The van der Waals surface area contributed by atoms with E-state index in [0.717, 1.165) is 16.7 Å². The van der Waals surface area contributed by atoms with Crippen LogP contribution in [0.1, 0.15) is 15.4 Å². The molecule has 0 spiro atoms. The van der Waals surface area contributed by atoms with Gasteiger partial charge in [-0.25, -0.2) is 9.07 Å². The lowest BCUT2D eigenvalue weighted by molar-refractivity contribution is -0.128. The van der Waals surface area contributed by atoms with Crippen LogP contribution in [0.2, 0.25) is 0 Å². The van der Waals surface area contributed by atoms with E-state index in [4.69, 9.17) is 11.5 Å². The summed E-state index contributed by atoms with van der Waals surface area (Å²) in [6.45, 7) is 1.77. The Morgan fingerprint density at radius 2 is 1.81 bits per heavy atom. The second kappa shape index (κ2) is 6.56. The van der Waals surface area contributed by atoms with Gasteiger partial charge in [-0.2, -0.15) is 5.10 Å². The molecule has 134 valence electrons. The van der Waals surface area contributed by atoms with E-state index >= 15 is 0 Å². The maximum atomic E-state index is 13.1. The average Bonchev–Trinajstić information content (AvgIpc) is 3.14. The van der Waals surface area contributed by atoms with Crippen LogP contribution < -0.4 is 16.8 Å². The quantitative estimate of drug-likeness (QED) is 0.563. The fourth-order valence-corrected chi connectivity index (χ4v) is 3.49. The molecular weight excluding hydrogens is 361 g/mol. The number of carbonyl (C=O) groups excluding carboxylic acids is 3. The Morgan fingerprint density at radius 1 is 1.19 bits per heavy atom. The van der Waals surface area contributed by atoms with E-state index in [0.29, 0.717) is 16.2 Å². The van der Waals surface area contributed by atoms with Crippen molar-refractivity contribution in [1.29, 1.82) is 0 Å². The Labute approximate surface area is 150 Å². The molecule has 0 bridgehead atoms. The average molecular weight is 375 g/mol. The van der Waals surface area contributed by atoms with Crippen LogP contribution in [-0.4, -0.2) is 33.5 Å². The van der Waals surface area contributed by atoms with Crippen molar-refractivity contribution in [3.63, 3.8) is 0 Å². The topological polar surface area (TPSA) is 133 Å². The fourth-order valence-electron chi connectivity index (χ4n) is 2.40. The summed E-state index contributed by atoms with van der Waals surface area (Å²) in [5.41, 5.74) is 11.4. The van der Waals surface area contributed by atoms with Crippen LogP contribution in [0.4, 0.5) is 4.39 Å². The number of aromatic nitrogens is 2. The second-order valence-electron chi connectivity index (χ2n) is 5.51. The largest absolute Gasteiger partial charge is 0.367 e. The molecule has 3 aromatic rings. The van der Waals surface area contributed by atoms with Crippen molar-refractivity contribution in [2.45, 2.75) is 13.0 Å². The number of fused-ring (bicyclic) bond motifs is 1. The standard InChI is InChI=1S/C16H14FN5O3S/c1-7-10-6-11(15(25)20-12(13(18)23)14(19)24)26-16(10)22(21-7)9-4-2-8(17)3-5-9/h2-6,12H,1H3,(H2,18,23)(H2,19,24)(H,20,25). The molecule has 1 aromatic carbocycles. The number of amides is 3. The number of nitrogens with zero attached hydrogens (tertiary/aromatic N) is 2. The number of halogens is 1. The number of hydrogen-bond acceptors (Lipinski definition) is 5. The molecular formula is C16H14FN5O3S. The Bertz CT molecular complexity index is 1010. The van der Waals surface area contributed by atoms with Crippen LogP contribution in [0.3, 0.4) is 0 Å². The molecule has 8 nitrogen and oxygen atoms in total. The highest BCUT2D eigenvalue weighted by Gasteiger charge is 2.26. The number of primary amides is 2. The molecule has 0 unspecified atom stereocenters. The number of carbonyl (C=O) groups is 3. The Balaban J connectivity index is 1.98. The summed E-state index contributed by atoms with van der Waals surface area (Å²) in [5.74, 6) is -3.11. The molecule has 0 aliphatic rings. The third-order valence-electron chi connectivity index (χ3n) is 3.68. The Kier molecular flexibility index (Phi) is 4.43. The Morgan fingerprint density at radius 3 is 2.38 bits per heavy atom. The summed E-state index contributed by atoms with van der Waals surface area (Å²) in [4.78, 5) is 35.7. The molecule has 2 aromatic heterocycles. The van der Waals surface area contributed by atoms with Gasteiger partial charge >= 0.3 is 0 Å². The highest BCUT2D eigenvalue weighted by Crippen LogP contribution is 2.30. The van der Waals surface area contributed by atoms with Crippen molar-refractivity contribution in [2.24, 2.45) is 11.5 Å². The van der Waals surface area contributed by atoms with Crippen LogP contribution >= 0.6 is 11.3 Å². The molecule has 0 aliphatic heterocycles. The number of nitrogens with two attached hydrogens (primary N) is 2. The molecule has 26 heavy (non-hydrogen) atoms. The highest BCUT2D eigenvalue weighted by molar-refractivity contribution is 7.20. The van der Waals surface area contributed by atoms with E-state index in [2.05, 4.69) is 10.4 Å². The molecule has 0 fully saturated rings. The maximum Gasteiger partial charge on any atom is 0.262 e. The van der Waals surface area contributed by atoms with E-state index in [-0.39, 0.29) is 10.7 Å². The smallest absolute Gasteiger partial charge is 0.262 e. The molecule has 2 heterocycles.